The first-order chi connectivity index (χ1) is 12.4. The summed E-state index contributed by atoms with van der Waals surface area (Å²) in [6.07, 6.45) is 4.86. The predicted molar refractivity (Wildman–Crippen MR) is 97.2 cm³/mol. The lowest BCUT2D eigenvalue weighted by Crippen LogP contribution is -2.34. The minimum atomic E-state index is -0.867. The number of aliphatic carboxylic acids is 1. The first kappa shape index (κ1) is 18.2. The molecule has 1 aromatic carbocycles. The number of hydrogen-bond donors (Lipinski definition) is 3. The summed E-state index contributed by atoms with van der Waals surface area (Å²) in [4.78, 5) is 37.2. The molecule has 26 heavy (non-hydrogen) atoms. The Kier molecular flexibility index (Phi) is 5.44. The quantitative estimate of drug-likeness (QED) is 0.769. The molecule has 2 fully saturated rings. The highest BCUT2D eigenvalue weighted by Crippen LogP contribution is 2.22. The maximum Gasteiger partial charge on any atom is 0.321 e. The fourth-order valence-corrected chi connectivity index (χ4v) is 3.62. The van der Waals surface area contributed by atoms with Crippen LogP contribution in [0.2, 0.25) is 0 Å². The van der Waals surface area contributed by atoms with Gasteiger partial charge in [0.25, 0.3) is 5.91 Å². The minimum Gasteiger partial charge on any atom is -0.481 e. The highest BCUT2D eigenvalue weighted by molar-refractivity contribution is 5.96. The summed E-state index contributed by atoms with van der Waals surface area (Å²) in [6, 6.07) is 5.15. The molecular weight excluding hydrogens is 334 g/mol. The molecule has 0 bridgehead atoms. The molecule has 7 heteroatoms. The molecule has 1 saturated heterocycles. The zero-order chi connectivity index (χ0) is 18.7. The van der Waals surface area contributed by atoms with Crippen LogP contribution < -0.4 is 10.6 Å². The molecule has 1 heterocycles. The molecule has 3 rings (SSSR count). The van der Waals surface area contributed by atoms with Crippen LogP contribution in [0.1, 0.15) is 48.0 Å². The molecule has 1 unspecified atom stereocenters. The van der Waals surface area contributed by atoms with Crippen molar-refractivity contribution in [3.8, 4) is 0 Å². The smallest absolute Gasteiger partial charge is 0.321 e. The summed E-state index contributed by atoms with van der Waals surface area (Å²) >= 11 is 0. The Morgan fingerprint density at radius 2 is 1.88 bits per heavy atom. The van der Waals surface area contributed by atoms with E-state index < -0.39 is 11.9 Å². The average molecular weight is 359 g/mol. The summed E-state index contributed by atoms with van der Waals surface area (Å²) in [5.74, 6) is -1.45. The van der Waals surface area contributed by atoms with E-state index in [1.165, 1.54) is 4.90 Å². The van der Waals surface area contributed by atoms with E-state index in [4.69, 9.17) is 5.11 Å². The number of carboxylic acids is 1. The number of benzene rings is 1. The van der Waals surface area contributed by atoms with Gasteiger partial charge in [0.2, 0.25) is 0 Å². The molecule has 1 aliphatic carbocycles. The largest absolute Gasteiger partial charge is 0.481 e. The van der Waals surface area contributed by atoms with Gasteiger partial charge in [-0.05, 0) is 49.9 Å². The van der Waals surface area contributed by atoms with E-state index in [1.54, 1.807) is 18.2 Å². The van der Waals surface area contributed by atoms with E-state index in [9.17, 15) is 14.4 Å². The van der Waals surface area contributed by atoms with E-state index >= 15 is 0 Å². The number of rotatable bonds is 4. The van der Waals surface area contributed by atoms with Gasteiger partial charge in [-0.15, -0.1) is 0 Å². The van der Waals surface area contributed by atoms with Gasteiger partial charge in [-0.25, -0.2) is 4.79 Å². The topological polar surface area (TPSA) is 98.7 Å². The van der Waals surface area contributed by atoms with Gasteiger partial charge in [0.05, 0.1) is 5.92 Å². The fraction of sp³-hybridized carbons (Fsp3) is 0.526. The maximum atomic E-state index is 12.3. The molecule has 0 radical (unpaired) electrons. The first-order valence-corrected chi connectivity index (χ1v) is 9.14. The summed E-state index contributed by atoms with van der Waals surface area (Å²) < 4.78 is 0. The van der Waals surface area contributed by atoms with Gasteiger partial charge in [-0.2, -0.15) is 0 Å². The third-order valence-corrected chi connectivity index (χ3v) is 5.25. The van der Waals surface area contributed by atoms with Gasteiger partial charge in [-0.3, -0.25) is 9.59 Å². The lowest BCUT2D eigenvalue weighted by Gasteiger charge is -2.18. The summed E-state index contributed by atoms with van der Waals surface area (Å²) in [5, 5.41) is 14.9. The standard InChI is InChI=1S/C19H25N3O4/c1-12-10-13(17(23)20-15-4-2-3-5-15)6-7-16(12)21-19(26)22-9-8-14(11-22)18(24)25/h6-7,10,14-15H,2-5,8-9,11H2,1H3,(H,20,23)(H,21,26)(H,24,25). The molecule has 1 aliphatic heterocycles. The van der Waals surface area contributed by atoms with Crippen LogP contribution in [0, 0.1) is 12.8 Å². The van der Waals surface area contributed by atoms with Gasteiger partial charge in [0.15, 0.2) is 0 Å². The number of amides is 3. The van der Waals surface area contributed by atoms with Crippen molar-refractivity contribution in [3.63, 3.8) is 0 Å². The SMILES string of the molecule is Cc1cc(C(=O)NC2CCCC2)ccc1NC(=O)N1CCC(C(=O)O)C1. The van der Waals surface area contributed by atoms with Crippen molar-refractivity contribution in [2.45, 2.75) is 45.1 Å². The number of urea groups is 1. The van der Waals surface area contributed by atoms with E-state index in [0.717, 1.165) is 31.2 Å². The van der Waals surface area contributed by atoms with Crippen LogP contribution >= 0.6 is 0 Å². The molecule has 7 nitrogen and oxygen atoms in total. The van der Waals surface area contributed by atoms with Crippen molar-refractivity contribution in [2.24, 2.45) is 5.92 Å². The van der Waals surface area contributed by atoms with Crippen molar-refractivity contribution in [1.29, 1.82) is 0 Å². The van der Waals surface area contributed by atoms with Crippen molar-refractivity contribution >= 4 is 23.6 Å². The number of aryl methyl sites for hydroxylation is 1. The highest BCUT2D eigenvalue weighted by Gasteiger charge is 2.31. The average Bonchev–Trinajstić information content (AvgIpc) is 3.28. The van der Waals surface area contributed by atoms with Crippen molar-refractivity contribution in [1.82, 2.24) is 10.2 Å². The number of hydrogen-bond acceptors (Lipinski definition) is 3. The number of nitrogens with one attached hydrogen (secondary N) is 2. The van der Waals surface area contributed by atoms with Crippen LogP contribution in [0.4, 0.5) is 10.5 Å². The van der Waals surface area contributed by atoms with Gasteiger partial charge < -0.3 is 20.6 Å². The Morgan fingerprint density at radius 1 is 1.15 bits per heavy atom. The predicted octanol–water partition coefficient (Wildman–Crippen LogP) is 2.61. The van der Waals surface area contributed by atoms with Crippen LogP contribution in [0.3, 0.4) is 0 Å². The molecule has 3 amide bonds. The van der Waals surface area contributed by atoms with Crippen molar-refractivity contribution in [2.75, 3.05) is 18.4 Å². The second-order valence-electron chi connectivity index (χ2n) is 7.18. The number of carbonyl (C=O) groups excluding carboxylic acids is 2. The third kappa shape index (κ3) is 4.15. The molecule has 1 saturated carbocycles. The maximum absolute atomic E-state index is 12.3. The molecule has 0 spiro atoms. The number of carboxylic acid groups (broad SMARTS) is 1. The molecular formula is C19H25N3O4. The summed E-state index contributed by atoms with van der Waals surface area (Å²) in [6.45, 7) is 2.50. The van der Waals surface area contributed by atoms with Crippen LogP contribution in [-0.4, -0.2) is 47.0 Å². The first-order valence-electron chi connectivity index (χ1n) is 9.14. The van der Waals surface area contributed by atoms with E-state index in [2.05, 4.69) is 10.6 Å². The summed E-state index contributed by atoms with van der Waals surface area (Å²) in [7, 11) is 0. The highest BCUT2D eigenvalue weighted by atomic mass is 16.4. The number of anilines is 1. The zero-order valence-corrected chi connectivity index (χ0v) is 15.0. The van der Waals surface area contributed by atoms with Gasteiger partial charge in [-0.1, -0.05) is 12.8 Å². The van der Waals surface area contributed by atoms with E-state index in [-0.39, 0.29) is 24.5 Å². The molecule has 1 atom stereocenters. The second kappa shape index (κ2) is 7.76. The Labute approximate surface area is 152 Å². The van der Waals surface area contributed by atoms with Crippen LogP contribution in [0.5, 0.6) is 0 Å². The van der Waals surface area contributed by atoms with Crippen molar-refractivity contribution in [3.05, 3.63) is 29.3 Å². The molecule has 1 aromatic rings. The zero-order valence-electron chi connectivity index (χ0n) is 15.0. The lowest BCUT2D eigenvalue weighted by molar-refractivity contribution is -0.141. The Hall–Kier alpha value is -2.57. The Bertz CT molecular complexity index is 713. The molecule has 3 N–H and O–H groups in total. The van der Waals surface area contributed by atoms with Gasteiger partial charge in [0, 0.05) is 30.4 Å². The number of carbonyl (C=O) groups is 3. The Balaban J connectivity index is 1.59. The fourth-order valence-electron chi connectivity index (χ4n) is 3.62. The molecule has 140 valence electrons. The monoisotopic (exact) mass is 359 g/mol. The van der Waals surface area contributed by atoms with Crippen LogP contribution in [0.15, 0.2) is 18.2 Å². The van der Waals surface area contributed by atoms with Crippen LogP contribution in [0.25, 0.3) is 0 Å². The Morgan fingerprint density at radius 3 is 2.50 bits per heavy atom. The van der Waals surface area contributed by atoms with E-state index in [0.29, 0.717) is 24.2 Å². The number of nitrogens with zero attached hydrogens (tertiary/aromatic N) is 1. The second-order valence-corrected chi connectivity index (χ2v) is 7.18. The van der Waals surface area contributed by atoms with E-state index in [1.807, 2.05) is 6.92 Å². The summed E-state index contributed by atoms with van der Waals surface area (Å²) in [5.41, 5.74) is 2.01. The van der Waals surface area contributed by atoms with Gasteiger partial charge >= 0.3 is 12.0 Å². The van der Waals surface area contributed by atoms with Gasteiger partial charge in [0.1, 0.15) is 0 Å². The normalized spacial score (nSPS) is 20.2. The van der Waals surface area contributed by atoms with Crippen molar-refractivity contribution < 1.29 is 19.5 Å². The number of likely N-dealkylation sites (tertiary alicyclic amines) is 1. The third-order valence-electron chi connectivity index (χ3n) is 5.25. The minimum absolute atomic E-state index is 0.0817. The molecule has 2 aliphatic rings. The molecule has 0 aromatic heterocycles. The van der Waals surface area contributed by atoms with Crippen LogP contribution in [-0.2, 0) is 4.79 Å². The lowest BCUT2D eigenvalue weighted by atomic mass is 10.1.